The molecule has 0 unspecified atom stereocenters. The molecule has 10 heteroatoms. The highest BCUT2D eigenvalue weighted by atomic mass is 35.5. The first-order valence-corrected chi connectivity index (χ1v) is 12.5. The van der Waals surface area contributed by atoms with Crippen molar-refractivity contribution >= 4 is 40.2 Å². The Morgan fingerprint density at radius 2 is 1.86 bits per heavy atom. The first-order valence-electron chi connectivity index (χ1n) is 12.2. The van der Waals surface area contributed by atoms with Crippen molar-refractivity contribution in [2.75, 3.05) is 30.4 Å². The molecule has 1 saturated heterocycles. The molecular weight excluding hydrogens is 466 g/mol. The molecule has 3 N–H and O–H groups in total. The third-order valence-corrected chi connectivity index (χ3v) is 7.14. The predicted molar refractivity (Wildman–Crippen MR) is 136 cm³/mol. The lowest BCUT2D eigenvalue weighted by atomic mass is 9.86. The van der Waals surface area contributed by atoms with Crippen LogP contribution in [-0.2, 0) is 9.53 Å². The molecule has 0 aromatic carbocycles. The normalized spacial score (nSPS) is 21.2. The Bertz CT molecular complexity index is 1160. The maximum absolute atomic E-state index is 12.3. The molecule has 1 amide bonds. The fourth-order valence-electron chi connectivity index (χ4n) is 4.50. The van der Waals surface area contributed by atoms with Crippen LogP contribution in [0.5, 0.6) is 0 Å². The molecule has 5 rings (SSSR count). The van der Waals surface area contributed by atoms with Gasteiger partial charge in [-0.05, 0) is 56.7 Å². The van der Waals surface area contributed by atoms with Crippen molar-refractivity contribution < 1.29 is 9.53 Å². The summed E-state index contributed by atoms with van der Waals surface area (Å²) in [4.78, 5) is 29.9. The second-order valence-corrected chi connectivity index (χ2v) is 9.78. The van der Waals surface area contributed by atoms with Gasteiger partial charge in [-0.15, -0.1) is 0 Å². The van der Waals surface area contributed by atoms with Gasteiger partial charge in [0.1, 0.15) is 11.3 Å². The molecule has 1 aliphatic heterocycles. The van der Waals surface area contributed by atoms with Gasteiger partial charge in [0.15, 0.2) is 5.15 Å². The lowest BCUT2D eigenvalue weighted by molar-refractivity contribution is -0.126. The summed E-state index contributed by atoms with van der Waals surface area (Å²) in [5, 5.41) is 11.3. The van der Waals surface area contributed by atoms with Crippen molar-refractivity contribution in [3.63, 3.8) is 0 Å². The summed E-state index contributed by atoms with van der Waals surface area (Å²) < 4.78 is 5.10. The van der Waals surface area contributed by atoms with Crippen LogP contribution in [0.15, 0.2) is 36.8 Å². The van der Waals surface area contributed by atoms with Crippen LogP contribution in [0.25, 0.3) is 10.9 Å². The summed E-state index contributed by atoms with van der Waals surface area (Å²) in [6, 6.07) is 6.45. The molecule has 2 aliphatic rings. The van der Waals surface area contributed by atoms with E-state index in [-0.39, 0.29) is 17.9 Å². The average Bonchev–Trinajstić information content (AvgIpc) is 2.86. The second kappa shape index (κ2) is 10.7. The molecule has 184 valence electrons. The molecule has 0 spiro atoms. The third-order valence-electron chi connectivity index (χ3n) is 6.86. The summed E-state index contributed by atoms with van der Waals surface area (Å²) in [7, 11) is 0. The van der Waals surface area contributed by atoms with E-state index in [1.807, 2.05) is 25.1 Å². The zero-order valence-electron chi connectivity index (χ0n) is 19.7. The van der Waals surface area contributed by atoms with Crippen molar-refractivity contribution in [3.8, 4) is 0 Å². The molecule has 3 aromatic rings. The number of fused-ring (bicyclic) bond motifs is 1. The minimum absolute atomic E-state index is 0.0216. The number of hydrogen-bond acceptors (Lipinski definition) is 8. The molecule has 4 heterocycles. The molecule has 1 aliphatic carbocycles. The van der Waals surface area contributed by atoms with Crippen LogP contribution in [0.2, 0.25) is 5.15 Å². The largest absolute Gasteiger partial charge is 0.377 e. The number of pyridine rings is 2. The van der Waals surface area contributed by atoms with E-state index in [9.17, 15) is 4.79 Å². The molecule has 0 radical (unpaired) electrons. The summed E-state index contributed by atoms with van der Waals surface area (Å²) in [5.74, 6) is 1.68. The van der Waals surface area contributed by atoms with Gasteiger partial charge >= 0.3 is 0 Å². The van der Waals surface area contributed by atoms with Crippen molar-refractivity contribution in [2.45, 2.75) is 50.6 Å². The number of aromatic nitrogens is 4. The summed E-state index contributed by atoms with van der Waals surface area (Å²) in [5.41, 5.74) is 1.53. The number of amides is 1. The highest BCUT2D eigenvalue weighted by molar-refractivity contribution is 6.33. The number of carbonyl (C=O) groups is 1. The van der Waals surface area contributed by atoms with Gasteiger partial charge in [-0.2, -0.15) is 0 Å². The van der Waals surface area contributed by atoms with E-state index in [0.717, 1.165) is 54.5 Å². The van der Waals surface area contributed by atoms with Gasteiger partial charge in [-0.3, -0.25) is 4.79 Å². The molecule has 0 bridgehead atoms. The van der Waals surface area contributed by atoms with E-state index in [4.69, 9.17) is 16.3 Å². The SMILES string of the molecule is C[C@H](C(=O)NC1COC1)c1cnc(NC[C@H]2CC[C@H](Nc3ccc4ccnc(Cl)c4n3)CC2)nc1. The number of nitrogens with one attached hydrogen (secondary N) is 3. The quantitative estimate of drug-likeness (QED) is 0.404. The monoisotopic (exact) mass is 495 g/mol. The van der Waals surface area contributed by atoms with Gasteiger partial charge in [0.25, 0.3) is 0 Å². The van der Waals surface area contributed by atoms with Gasteiger partial charge < -0.3 is 20.7 Å². The Hall–Kier alpha value is -3.04. The van der Waals surface area contributed by atoms with Crippen LogP contribution in [0.1, 0.15) is 44.1 Å². The lowest BCUT2D eigenvalue weighted by Gasteiger charge is -2.29. The first kappa shape index (κ1) is 23.7. The Kier molecular flexibility index (Phi) is 7.24. The molecule has 1 atom stereocenters. The molecule has 9 nitrogen and oxygen atoms in total. The number of anilines is 2. The van der Waals surface area contributed by atoms with Crippen LogP contribution in [0, 0.1) is 5.92 Å². The predicted octanol–water partition coefficient (Wildman–Crippen LogP) is 3.77. The highest BCUT2D eigenvalue weighted by Crippen LogP contribution is 2.28. The van der Waals surface area contributed by atoms with E-state index >= 15 is 0 Å². The molecule has 1 saturated carbocycles. The fourth-order valence-corrected chi connectivity index (χ4v) is 4.71. The van der Waals surface area contributed by atoms with Crippen LogP contribution in [0.3, 0.4) is 0 Å². The molecule has 3 aromatic heterocycles. The number of hydrogen-bond donors (Lipinski definition) is 3. The van der Waals surface area contributed by atoms with E-state index in [1.54, 1.807) is 18.6 Å². The summed E-state index contributed by atoms with van der Waals surface area (Å²) >= 11 is 6.20. The van der Waals surface area contributed by atoms with Gasteiger partial charge in [0.05, 0.1) is 25.2 Å². The minimum atomic E-state index is -0.295. The third kappa shape index (κ3) is 5.79. The van der Waals surface area contributed by atoms with E-state index in [2.05, 4.69) is 35.9 Å². The zero-order chi connectivity index (χ0) is 24.2. The van der Waals surface area contributed by atoms with E-state index in [0.29, 0.717) is 36.3 Å². The lowest BCUT2D eigenvalue weighted by Crippen LogP contribution is -2.49. The molecular formula is C25H30ClN7O2. The zero-order valence-corrected chi connectivity index (χ0v) is 20.5. The van der Waals surface area contributed by atoms with Crippen molar-refractivity contribution in [1.82, 2.24) is 25.3 Å². The van der Waals surface area contributed by atoms with Crippen molar-refractivity contribution in [3.05, 3.63) is 47.5 Å². The number of ether oxygens (including phenoxy) is 1. The fraction of sp³-hybridized carbons (Fsp3) is 0.480. The average molecular weight is 496 g/mol. The van der Waals surface area contributed by atoms with Crippen LogP contribution in [-0.4, -0.2) is 57.7 Å². The molecule has 35 heavy (non-hydrogen) atoms. The summed E-state index contributed by atoms with van der Waals surface area (Å²) in [6.45, 7) is 3.87. The topological polar surface area (TPSA) is 114 Å². The minimum Gasteiger partial charge on any atom is -0.377 e. The van der Waals surface area contributed by atoms with Gasteiger partial charge in [-0.1, -0.05) is 11.6 Å². The number of rotatable bonds is 8. The maximum atomic E-state index is 12.3. The first-order chi connectivity index (χ1) is 17.0. The number of carbonyl (C=O) groups excluding carboxylic acids is 1. The van der Waals surface area contributed by atoms with E-state index in [1.165, 1.54) is 0 Å². The standard InChI is InChI=1S/C25H30ClN7O2/c1-15(24(34)32-20-13-35-14-20)18-11-29-25(30-12-18)28-10-16-2-5-19(6-3-16)31-21-7-4-17-8-9-27-23(26)22(17)33-21/h4,7-9,11-12,15-16,19-20H,2-3,5-6,10,13-14H2,1H3,(H,31,33)(H,32,34)(H,28,29,30)/t15-,16-,19-/m0/s1. The van der Waals surface area contributed by atoms with Crippen molar-refractivity contribution in [2.24, 2.45) is 5.92 Å². The van der Waals surface area contributed by atoms with E-state index < -0.39 is 0 Å². The Balaban J connectivity index is 1.06. The smallest absolute Gasteiger partial charge is 0.227 e. The van der Waals surface area contributed by atoms with Gasteiger partial charge in [0.2, 0.25) is 11.9 Å². The highest BCUT2D eigenvalue weighted by Gasteiger charge is 2.25. The van der Waals surface area contributed by atoms with Gasteiger partial charge in [0, 0.05) is 42.1 Å². The van der Waals surface area contributed by atoms with Crippen LogP contribution in [0.4, 0.5) is 11.8 Å². The van der Waals surface area contributed by atoms with Crippen LogP contribution < -0.4 is 16.0 Å². The summed E-state index contributed by atoms with van der Waals surface area (Å²) in [6.07, 6.45) is 9.53. The number of halogens is 1. The second-order valence-electron chi connectivity index (χ2n) is 9.42. The van der Waals surface area contributed by atoms with Gasteiger partial charge in [-0.25, -0.2) is 19.9 Å². The Labute approximate surface area is 209 Å². The number of nitrogens with zero attached hydrogens (tertiary/aromatic N) is 4. The Morgan fingerprint density at radius 1 is 1.09 bits per heavy atom. The Morgan fingerprint density at radius 3 is 2.57 bits per heavy atom. The van der Waals surface area contributed by atoms with Crippen molar-refractivity contribution in [1.29, 1.82) is 0 Å². The maximum Gasteiger partial charge on any atom is 0.227 e. The molecule has 2 fully saturated rings. The van der Waals surface area contributed by atoms with Crippen LogP contribution >= 0.6 is 11.6 Å².